The first-order valence-electron chi connectivity index (χ1n) is 19.9. The van der Waals surface area contributed by atoms with Crippen molar-refractivity contribution in [2.45, 2.75) is 64.3 Å². The average Bonchev–Trinajstić information content (AvgIpc) is 3.81. The average molecular weight is 871 g/mol. The van der Waals surface area contributed by atoms with E-state index < -0.39 is 23.7 Å². The zero-order chi connectivity index (χ0) is 44.2. The second kappa shape index (κ2) is 26.2. The normalized spacial score (nSPS) is 17.7. The molecule has 2 amide bonds. The minimum absolute atomic E-state index is 0.0307. The molecule has 13 nitrogen and oxygen atoms in total. The fourth-order valence-electron chi connectivity index (χ4n) is 6.72. The fraction of sp³-hybridized carbons (Fsp3) is 0.500. The van der Waals surface area contributed by atoms with Crippen molar-refractivity contribution in [3.05, 3.63) is 88.3 Å². The molecule has 2 atom stereocenters. The molecule has 2 saturated heterocycles. The highest BCUT2D eigenvalue weighted by molar-refractivity contribution is 7.98. The maximum Gasteiger partial charge on any atom is 0.277 e. The summed E-state index contributed by atoms with van der Waals surface area (Å²) in [5, 5.41) is 8.52. The quantitative estimate of drug-likeness (QED) is 0.0550. The lowest BCUT2D eigenvalue weighted by Crippen LogP contribution is -2.41. The molecule has 0 bridgehead atoms. The number of aliphatic hydroxyl groups is 1. The molecule has 0 saturated carbocycles. The largest absolute Gasteiger partial charge is 0.473 e. The van der Waals surface area contributed by atoms with Crippen LogP contribution in [0.4, 0.5) is 4.39 Å². The Morgan fingerprint density at radius 3 is 2.48 bits per heavy atom. The number of aromatic nitrogens is 2. The van der Waals surface area contributed by atoms with Crippen molar-refractivity contribution in [1.29, 1.82) is 0 Å². The maximum atomic E-state index is 14.0. The van der Waals surface area contributed by atoms with Gasteiger partial charge in [0.05, 0.1) is 23.6 Å². The van der Waals surface area contributed by atoms with Crippen LogP contribution >= 0.6 is 23.4 Å². The number of aryl methyl sites for hydroxylation is 1. The minimum Gasteiger partial charge on any atom is -0.473 e. The Bertz CT molecular complexity index is 1960. The van der Waals surface area contributed by atoms with Gasteiger partial charge in [0, 0.05) is 56.6 Å². The SMILES string of the molecule is C=N/C(=C\C=C/CC1CCN(Cc2nc3cc(C(=O)N=C(C)C(=O)N4CC(N(C)C)CC4C=O)ccc3n2C)CC1)OCc1ccc(Cl)cc1F.COC.CSCCCO. The van der Waals surface area contributed by atoms with Gasteiger partial charge >= 0.3 is 0 Å². The van der Waals surface area contributed by atoms with Gasteiger partial charge in [-0.1, -0.05) is 29.8 Å². The smallest absolute Gasteiger partial charge is 0.277 e. The van der Waals surface area contributed by atoms with E-state index in [1.165, 1.54) is 17.9 Å². The number of halogens is 2. The third-order valence-corrected chi connectivity index (χ3v) is 11.2. The zero-order valence-corrected chi connectivity index (χ0v) is 37.6. The fourth-order valence-corrected chi connectivity index (χ4v) is 7.30. The first kappa shape index (κ1) is 50.1. The number of aldehydes is 1. The van der Waals surface area contributed by atoms with Crippen molar-refractivity contribution < 1.29 is 33.4 Å². The molecule has 16 heteroatoms. The summed E-state index contributed by atoms with van der Waals surface area (Å²) in [5.74, 6) is 1.49. The number of allylic oxidation sites excluding steroid dienone is 3. The highest BCUT2D eigenvalue weighted by Crippen LogP contribution is 2.25. The van der Waals surface area contributed by atoms with Crippen molar-refractivity contribution in [3.8, 4) is 0 Å². The molecule has 328 valence electrons. The summed E-state index contributed by atoms with van der Waals surface area (Å²) < 4.78 is 25.9. The number of thioether (sulfide) groups is 1. The molecule has 3 aromatic rings. The molecule has 1 aromatic heterocycles. The van der Waals surface area contributed by atoms with Crippen LogP contribution in [0.3, 0.4) is 0 Å². The standard InChI is InChI=1S/C38H45ClFN7O4.C4H10OS.C2H6O/c1-25(38(50)47-21-30(44(3)4)20-31(47)23-48)42-37(49)27-11-13-34-33(18-27)43-35(45(34)5)22-46-16-14-26(15-17-46)8-6-7-9-36(41-2)51-24-28-10-12-29(39)19-32(28)40;1-6-4-2-3-5;1-3-2/h6-7,9-13,18-19,23,26,30-31H,2,8,14-17,20-22,24H2,1,3-5H3;5H,2-4H2,1H3;1-2H3/b7-6-,36-9+,42-25?;;. The van der Waals surface area contributed by atoms with Gasteiger partial charge in [0.15, 0.2) is 0 Å². The number of aliphatic imine (C=N–C) groups is 2. The van der Waals surface area contributed by atoms with E-state index in [9.17, 15) is 18.8 Å². The highest BCUT2D eigenvalue weighted by Gasteiger charge is 2.37. The van der Waals surface area contributed by atoms with E-state index in [2.05, 4.69) is 32.4 Å². The molecular formula is C44H61ClFN7O6S. The third kappa shape index (κ3) is 15.3. The number of likely N-dealkylation sites (N-methyl/N-ethyl adjacent to an activating group) is 1. The van der Waals surface area contributed by atoms with E-state index in [1.54, 1.807) is 56.3 Å². The molecule has 0 aliphatic carbocycles. The first-order chi connectivity index (χ1) is 28.8. The van der Waals surface area contributed by atoms with Gasteiger partial charge in [0.25, 0.3) is 11.8 Å². The van der Waals surface area contributed by atoms with Gasteiger partial charge in [-0.25, -0.2) is 19.4 Å². The van der Waals surface area contributed by atoms with Crippen LogP contribution < -0.4 is 0 Å². The van der Waals surface area contributed by atoms with Gasteiger partial charge in [0.2, 0.25) is 5.88 Å². The molecule has 1 N–H and O–H groups in total. The summed E-state index contributed by atoms with van der Waals surface area (Å²) >= 11 is 7.58. The lowest BCUT2D eigenvalue weighted by Gasteiger charge is -2.31. The van der Waals surface area contributed by atoms with Crippen LogP contribution in [0.5, 0.6) is 0 Å². The minimum atomic E-state index is -0.533. The predicted octanol–water partition coefficient (Wildman–Crippen LogP) is 6.61. The summed E-state index contributed by atoms with van der Waals surface area (Å²) in [6, 6.07) is 9.28. The molecule has 60 heavy (non-hydrogen) atoms. The number of nitrogens with zero attached hydrogens (tertiary/aromatic N) is 7. The molecule has 2 aromatic carbocycles. The van der Waals surface area contributed by atoms with E-state index in [-0.39, 0.29) is 18.4 Å². The number of ether oxygens (including phenoxy) is 2. The number of carbonyl (C=O) groups excluding carboxylic acids is 3. The van der Waals surface area contributed by atoms with E-state index in [0.29, 0.717) is 59.6 Å². The number of likely N-dealkylation sites (tertiary alicyclic amines) is 2. The molecule has 5 rings (SSSR count). The number of benzene rings is 2. The zero-order valence-electron chi connectivity index (χ0n) is 36.0. The summed E-state index contributed by atoms with van der Waals surface area (Å²) in [6.45, 7) is 8.40. The third-order valence-electron chi connectivity index (χ3n) is 10.2. The Morgan fingerprint density at radius 2 is 1.88 bits per heavy atom. The second-order valence-corrected chi connectivity index (χ2v) is 16.3. The van der Waals surface area contributed by atoms with Gasteiger partial charge in [-0.2, -0.15) is 11.8 Å². The lowest BCUT2D eigenvalue weighted by atomic mass is 9.93. The number of hydrogen-bond acceptors (Lipinski definition) is 11. The Hall–Kier alpha value is -4.25. The number of fused-ring (bicyclic) bond motifs is 1. The summed E-state index contributed by atoms with van der Waals surface area (Å²) in [4.78, 5) is 56.6. The van der Waals surface area contributed by atoms with Crippen LogP contribution in [0.25, 0.3) is 11.0 Å². The maximum absolute atomic E-state index is 14.0. The molecule has 0 radical (unpaired) electrons. The van der Waals surface area contributed by atoms with Crippen LogP contribution in [-0.4, -0.2) is 139 Å². The molecule has 2 aliphatic heterocycles. The van der Waals surface area contributed by atoms with Crippen LogP contribution in [0, 0.1) is 11.7 Å². The monoisotopic (exact) mass is 869 g/mol. The Balaban J connectivity index is 0.000000967. The molecular weight excluding hydrogens is 809 g/mol. The number of rotatable bonds is 16. The lowest BCUT2D eigenvalue weighted by molar-refractivity contribution is -0.128. The van der Waals surface area contributed by atoms with Gasteiger partial charge in [-0.3, -0.25) is 14.5 Å². The number of carbonyl (C=O) groups is 3. The van der Waals surface area contributed by atoms with Crippen molar-refractivity contribution in [2.24, 2.45) is 23.0 Å². The Labute approximate surface area is 363 Å². The van der Waals surface area contributed by atoms with Gasteiger partial charge in [-0.15, -0.1) is 0 Å². The highest BCUT2D eigenvalue weighted by atomic mass is 35.5. The molecule has 2 fully saturated rings. The number of aliphatic hydroxyl groups excluding tert-OH is 1. The Morgan fingerprint density at radius 1 is 1.17 bits per heavy atom. The van der Waals surface area contributed by atoms with Crippen molar-refractivity contribution in [2.75, 3.05) is 66.6 Å². The van der Waals surface area contributed by atoms with Crippen LogP contribution in [0.1, 0.15) is 60.8 Å². The molecule has 2 unspecified atom stereocenters. The predicted molar refractivity (Wildman–Crippen MR) is 240 cm³/mol. The van der Waals surface area contributed by atoms with Gasteiger partial charge < -0.3 is 33.7 Å². The van der Waals surface area contributed by atoms with Gasteiger partial charge in [-0.05, 0) is 127 Å². The van der Waals surface area contributed by atoms with E-state index in [4.69, 9.17) is 26.4 Å². The number of hydrogen-bond donors (Lipinski definition) is 1. The second-order valence-electron chi connectivity index (χ2n) is 14.9. The number of amides is 2. The molecule has 2 aliphatic rings. The summed E-state index contributed by atoms with van der Waals surface area (Å²) in [5.41, 5.74) is 2.39. The van der Waals surface area contributed by atoms with E-state index >= 15 is 0 Å². The number of methoxy groups -OCH3 is 1. The Kier molecular flexibility index (Phi) is 21.9. The van der Waals surface area contributed by atoms with Crippen LogP contribution in [0.2, 0.25) is 5.02 Å². The molecule has 3 heterocycles. The van der Waals surface area contributed by atoms with Gasteiger partial charge in [0.1, 0.15) is 30.2 Å². The van der Waals surface area contributed by atoms with Crippen LogP contribution in [0.15, 0.2) is 70.5 Å². The van der Waals surface area contributed by atoms with E-state index in [1.807, 2.05) is 49.0 Å². The van der Waals surface area contributed by atoms with Crippen molar-refractivity contribution in [3.63, 3.8) is 0 Å². The molecule has 0 spiro atoms. The van der Waals surface area contributed by atoms with Crippen molar-refractivity contribution >= 4 is 64.9 Å². The summed E-state index contributed by atoms with van der Waals surface area (Å²) in [7, 11) is 9.06. The first-order valence-corrected chi connectivity index (χ1v) is 21.7. The summed E-state index contributed by atoms with van der Waals surface area (Å²) in [6.07, 6.45) is 13.0. The van der Waals surface area contributed by atoms with Crippen molar-refractivity contribution in [1.82, 2.24) is 24.3 Å². The van der Waals surface area contributed by atoms with E-state index in [0.717, 1.165) is 62.2 Å². The topological polar surface area (TPSA) is 142 Å². The number of imidazole rings is 1. The van der Waals surface area contributed by atoms with Crippen LogP contribution in [-0.2, 0) is 39.3 Å². The number of piperidine rings is 1.